The molecule has 0 radical (unpaired) electrons. The molecule has 0 aliphatic carbocycles. The number of carbonyl (C=O) groups excluding carboxylic acids is 2. The summed E-state index contributed by atoms with van der Waals surface area (Å²) in [6, 6.07) is 7.25. The lowest BCUT2D eigenvalue weighted by atomic mass is 9.96. The molecule has 5 nitrogen and oxygen atoms in total. The van der Waals surface area contributed by atoms with E-state index in [1.807, 2.05) is 45.9 Å². The number of hydrogen-bond donors (Lipinski definition) is 2. The maximum absolute atomic E-state index is 12.0. The van der Waals surface area contributed by atoms with E-state index in [2.05, 4.69) is 17.2 Å². The van der Waals surface area contributed by atoms with Gasteiger partial charge in [-0.3, -0.25) is 9.59 Å². The summed E-state index contributed by atoms with van der Waals surface area (Å²) in [5, 5.41) is 5.67. The molecule has 1 aromatic carbocycles. The third-order valence-corrected chi connectivity index (χ3v) is 3.15. The summed E-state index contributed by atoms with van der Waals surface area (Å²) in [7, 11) is 0. The summed E-state index contributed by atoms with van der Waals surface area (Å²) in [6.07, 6.45) is 0.945. The SMILES string of the molecule is C=C(C)COc1cccc(NC(=O)CCCNC(=O)C(C)(C)C)c1. The van der Waals surface area contributed by atoms with Crippen LogP contribution in [0.3, 0.4) is 0 Å². The van der Waals surface area contributed by atoms with Crippen molar-refractivity contribution in [2.45, 2.75) is 40.5 Å². The van der Waals surface area contributed by atoms with Crippen LogP contribution in [-0.2, 0) is 9.59 Å². The molecule has 1 aromatic rings. The number of carbonyl (C=O) groups is 2. The van der Waals surface area contributed by atoms with Gasteiger partial charge >= 0.3 is 0 Å². The van der Waals surface area contributed by atoms with E-state index >= 15 is 0 Å². The van der Waals surface area contributed by atoms with Crippen molar-refractivity contribution in [2.24, 2.45) is 5.41 Å². The minimum atomic E-state index is -0.410. The van der Waals surface area contributed by atoms with Crippen LogP contribution in [0.4, 0.5) is 5.69 Å². The van der Waals surface area contributed by atoms with Gasteiger partial charge in [0, 0.05) is 30.1 Å². The number of anilines is 1. The first-order chi connectivity index (χ1) is 11.2. The Morgan fingerprint density at radius 3 is 2.58 bits per heavy atom. The Morgan fingerprint density at radius 1 is 1.25 bits per heavy atom. The second-order valence-electron chi connectivity index (χ2n) is 6.93. The van der Waals surface area contributed by atoms with E-state index in [4.69, 9.17) is 4.74 Å². The van der Waals surface area contributed by atoms with E-state index in [1.54, 1.807) is 6.07 Å². The fraction of sp³-hybridized carbons (Fsp3) is 0.474. The van der Waals surface area contributed by atoms with E-state index in [-0.39, 0.29) is 11.8 Å². The lowest BCUT2D eigenvalue weighted by molar-refractivity contribution is -0.128. The average Bonchev–Trinajstić information content (AvgIpc) is 2.48. The van der Waals surface area contributed by atoms with Gasteiger partial charge in [0.1, 0.15) is 12.4 Å². The highest BCUT2D eigenvalue weighted by atomic mass is 16.5. The number of hydrogen-bond acceptors (Lipinski definition) is 3. The number of rotatable bonds is 8. The maximum atomic E-state index is 12.0. The van der Waals surface area contributed by atoms with Crippen LogP contribution < -0.4 is 15.4 Å². The van der Waals surface area contributed by atoms with Crippen LogP contribution in [0.15, 0.2) is 36.4 Å². The Bertz CT molecular complexity index is 589. The summed E-state index contributed by atoms with van der Waals surface area (Å²) < 4.78 is 5.55. The third kappa shape index (κ3) is 7.81. The van der Waals surface area contributed by atoms with E-state index in [0.717, 1.165) is 5.57 Å². The van der Waals surface area contributed by atoms with Gasteiger partial charge in [-0.15, -0.1) is 0 Å². The first-order valence-corrected chi connectivity index (χ1v) is 8.14. The average molecular weight is 332 g/mol. The molecule has 132 valence electrons. The Balaban J connectivity index is 2.36. The van der Waals surface area contributed by atoms with Crippen molar-refractivity contribution in [3.8, 4) is 5.75 Å². The van der Waals surface area contributed by atoms with Crippen molar-refractivity contribution < 1.29 is 14.3 Å². The molecule has 0 bridgehead atoms. The van der Waals surface area contributed by atoms with Crippen molar-refractivity contribution >= 4 is 17.5 Å². The molecule has 2 amide bonds. The van der Waals surface area contributed by atoms with E-state index < -0.39 is 5.41 Å². The smallest absolute Gasteiger partial charge is 0.225 e. The lowest BCUT2D eigenvalue weighted by Gasteiger charge is -2.17. The molecule has 0 unspecified atom stereocenters. The zero-order valence-electron chi connectivity index (χ0n) is 15.1. The summed E-state index contributed by atoms with van der Waals surface area (Å²) in [4.78, 5) is 23.7. The number of benzene rings is 1. The molecule has 0 saturated heterocycles. The molecule has 0 saturated carbocycles. The zero-order valence-corrected chi connectivity index (χ0v) is 15.1. The first-order valence-electron chi connectivity index (χ1n) is 8.14. The van der Waals surface area contributed by atoms with Gasteiger partial charge in [0.25, 0.3) is 0 Å². The fourth-order valence-corrected chi connectivity index (χ4v) is 1.81. The fourth-order valence-electron chi connectivity index (χ4n) is 1.81. The van der Waals surface area contributed by atoms with Gasteiger partial charge in [0.15, 0.2) is 0 Å². The van der Waals surface area contributed by atoms with Crippen molar-refractivity contribution in [2.75, 3.05) is 18.5 Å². The highest BCUT2D eigenvalue weighted by Gasteiger charge is 2.20. The molecule has 0 fully saturated rings. The van der Waals surface area contributed by atoms with Gasteiger partial charge in [-0.05, 0) is 31.1 Å². The number of ether oxygens (including phenoxy) is 1. The molecule has 0 aliphatic rings. The Kier molecular flexibility index (Phi) is 7.49. The van der Waals surface area contributed by atoms with Crippen LogP contribution in [-0.4, -0.2) is 25.0 Å². The van der Waals surface area contributed by atoms with Crippen LogP contribution in [0.1, 0.15) is 40.5 Å². The molecule has 5 heteroatoms. The van der Waals surface area contributed by atoms with E-state index in [1.165, 1.54) is 0 Å². The van der Waals surface area contributed by atoms with Gasteiger partial charge in [-0.25, -0.2) is 0 Å². The maximum Gasteiger partial charge on any atom is 0.225 e. The van der Waals surface area contributed by atoms with Crippen LogP contribution in [0.5, 0.6) is 5.75 Å². The Morgan fingerprint density at radius 2 is 1.96 bits per heavy atom. The molecular weight excluding hydrogens is 304 g/mol. The van der Waals surface area contributed by atoms with Crippen molar-refractivity contribution in [1.29, 1.82) is 0 Å². The Hall–Kier alpha value is -2.30. The standard InChI is InChI=1S/C19H28N2O3/c1-14(2)13-24-16-9-6-8-15(12-16)21-17(22)10-7-11-20-18(23)19(3,4)5/h6,8-9,12H,1,7,10-11,13H2,2-5H3,(H,20,23)(H,21,22). The molecule has 1 rings (SSSR count). The monoisotopic (exact) mass is 332 g/mol. The minimum Gasteiger partial charge on any atom is -0.489 e. The zero-order chi connectivity index (χ0) is 18.2. The quantitative estimate of drug-likeness (QED) is 0.565. The molecule has 24 heavy (non-hydrogen) atoms. The summed E-state index contributed by atoms with van der Waals surface area (Å²) in [6.45, 7) is 12.2. The number of amides is 2. The molecule has 0 heterocycles. The van der Waals surface area contributed by atoms with Crippen LogP contribution in [0.25, 0.3) is 0 Å². The van der Waals surface area contributed by atoms with Gasteiger partial charge < -0.3 is 15.4 Å². The van der Waals surface area contributed by atoms with Crippen LogP contribution in [0.2, 0.25) is 0 Å². The second-order valence-corrected chi connectivity index (χ2v) is 6.93. The van der Waals surface area contributed by atoms with Crippen molar-refractivity contribution in [3.05, 3.63) is 36.4 Å². The normalized spacial score (nSPS) is 10.8. The van der Waals surface area contributed by atoms with Gasteiger partial charge in [-0.2, -0.15) is 0 Å². The Labute approximate surface area is 144 Å². The second kappa shape index (κ2) is 9.11. The summed E-state index contributed by atoms with van der Waals surface area (Å²) in [5.74, 6) is 0.593. The molecular formula is C19H28N2O3. The topological polar surface area (TPSA) is 67.4 Å². The van der Waals surface area contributed by atoms with Crippen LogP contribution >= 0.6 is 0 Å². The lowest BCUT2D eigenvalue weighted by Crippen LogP contribution is -2.35. The molecule has 2 N–H and O–H groups in total. The number of nitrogens with one attached hydrogen (secondary N) is 2. The molecule has 0 aliphatic heterocycles. The molecule has 0 spiro atoms. The van der Waals surface area contributed by atoms with Gasteiger partial charge in [0.05, 0.1) is 0 Å². The summed E-state index contributed by atoms with van der Waals surface area (Å²) >= 11 is 0. The highest BCUT2D eigenvalue weighted by Crippen LogP contribution is 2.18. The first kappa shape index (κ1) is 19.7. The highest BCUT2D eigenvalue weighted by molar-refractivity contribution is 5.90. The van der Waals surface area contributed by atoms with Crippen molar-refractivity contribution in [3.63, 3.8) is 0 Å². The van der Waals surface area contributed by atoms with Crippen molar-refractivity contribution in [1.82, 2.24) is 5.32 Å². The summed E-state index contributed by atoms with van der Waals surface area (Å²) in [5.41, 5.74) is 1.21. The van der Waals surface area contributed by atoms with E-state index in [0.29, 0.717) is 37.4 Å². The minimum absolute atomic E-state index is 0.00901. The van der Waals surface area contributed by atoms with Gasteiger partial charge in [0.2, 0.25) is 11.8 Å². The third-order valence-electron chi connectivity index (χ3n) is 3.15. The molecule has 0 atom stereocenters. The van der Waals surface area contributed by atoms with E-state index in [9.17, 15) is 9.59 Å². The predicted molar refractivity (Wildman–Crippen MR) is 97.1 cm³/mol. The largest absolute Gasteiger partial charge is 0.489 e. The molecule has 0 aromatic heterocycles. The predicted octanol–water partition coefficient (Wildman–Crippen LogP) is 3.52. The van der Waals surface area contributed by atoms with Gasteiger partial charge in [-0.1, -0.05) is 33.4 Å². The van der Waals surface area contributed by atoms with Crippen LogP contribution in [0, 0.1) is 5.41 Å².